The van der Waals surface area contributed by atoms with E-state index in [-0.39, 0.29) is 29.4 Å². The summed E-state index contributed by atoms with van der Waals surface area (Å²) in [4.78, 5) is 25.2. The van der Waals surface area contributed by atoms with Gasteiger partial charge >= 0.3 is 6.18 Å². The standard InChI is InChI=1S/C16H14F3N3O2/c1-9-5-12(3-4-13(9)16(17,18)19)21-7-10(2)22-14(15(21)24)11(8-23)6-20-22/h3-6,8,10H,7H2,1-2H3. The van der Waals surface area contributed by atoms with Crippen LogP contribution < -0.4 is 4.90 Å². The maximum absolute atomic E-state index is 12.9. The molecular formula is C16H14F3N3O2. The molecule has 0 saturated carbocycles. The zero-order valence-electron chi connectivity index (χ0n) is 13.0. The molecule has 1 atom stereocenters. The van der Waals surface area contributed by atoms with Crippen LogP contribution in [-0.4, -0.2) is 28.5 Å². The van der Waals surface area contributed by atoms with Crippen LogP contribution in [0.2, 0.25) is 0 Å². The van der Waals surface area contributed by atoms with Gasteiger partial charge in [0.05, 0.1) is 23.4 Å². The summed E-state index contributed by atoms with van der Waals surface area (Å²) >= 11 is 0. The van der Waals surface area contributed by atoms with Crippen molar-refractivity contribution in [3.05, 3.63) is 46.8 Å². The summed E-state index contributed by atoms with van der Waals surface area (Å²) < 4.78 is 40.1. The van der Waals surface area contributed by atoms with Gasteiger partial charge in [0.1, 0.15) is 5.69 Å². The van der Waals surface area contributed by atoms with E-state index in [1.54, 1.807) is 0 Å². The molecule has 24 heavy (non-hydrogen) atoms. The van der Waals surface area contributed by atoms with Crippen LogP contribution in [0, 0.1) is 6.92 Å². The largest absolute Gasteiger partial charge is 0.416 e. The number of aromatic nitrogens is 2. The first-order valence-electron chi connectivity index (χ1n) is 7.26. The van der Waals surface area contributed by atoms with Crippen molar-refractivity contribution < 1.29 is 22.8 Å². The lowest BCUT2D eigenvalue weighted by atomic mass is 10.1. The molecule has 126 valence electrons. The zero-order chi connectivity index (χ0) is 17.6. The molecule has 2 aromatic rings. The maximum Gasteiger partial charge on any atom is 0.416 e. The molecule has 5 nitrogen and oxygen atoms in total. The zero-order valence-corrected chi connectivity index (χ0v) is 13.0. The molecule has 0 bridgehead atoms. The van der Waals surface area contributed by atoms with Crippen LogP contribution in [-0.2, 0) is 6.18 Å². The molecule has 1 aromatic carbocycles. The van der Waals surface area contributed by atoms with Crippen molar-refractivity contribution in [2.75, 3.05) is 11.4 Å². The van der Waals surface area contributed by atoms with Gasteiger partial charge < -0.3 is 4.90 Å². The number of carbonyl (C=O) groups excluding carboxylic acids is 2. The molecule has 0 spiro atoms. The first kappa shape index (κ1) is 16.2. The molecule has 1 aliphatic rings. The average Bonchev–Trinajstić information content (AvgIpc) is 2.94. The lowest BCUT2D eigenvalue weighted by Crippen LogP contribution is -2.43. The van der Waals surface area contributed by atoms with Gasteiger partial charge in [-0.05, 0) is 37.6 Å². The molecule has 0 N–H and O–H groups in total. The number of rotatable bonds is 2. The molecule has 0 fully saturated rings. The predicted octanol–water partition coefficient (Wildman–Crippen LogP) is 3.24. The quantitative estimate of drug-likeness (QED) is 0.791. The molecule has 0 radical (unpaired) electrons. The lowest BCUT2D eigenvalue weighted by Gasteiger charge is -2.32. The Morgan fingerprint density at radius 2 is 2.04 bits per heavy atom. The van der Waals surface area contributed by atoms with Gasteiger partial charge in [-0.3, -0.25) is 14.3 Å². The van der Waals surface area contributed by atoms with Crippen molar-refractivity contribution >= 4 is 17.9 Å². The van der Waals surface area contributed by atoms with Gasteiger partial charge in [-0.2, -0.15) is 18.3 Å². The van der Waals surface area contributed by atoms with Gasteiger partial charge in [0.15, 0.2) is 6.29 Å². The Morgan fingerprint density at radius 3 is 2.62 bits per heavy atom. The Morgan fingerprint density at radius 1 is 1.33 bits per heavy atom. The van der Waals surface area contributed by atoms with E-state index in [1.807, 2.05) is 6.92 Å². The Bertz CT molecular complexity index is 826. The molecule has 1 unspecified atom stereocenters. The topological polar surface area (TPSA) is 55.2 Å². The highest BCUT2D eigenvalue weighted by molar-refractivity contribution is 6.09. The van der Waals surface area contributed by atoms with E-state index in [0.29, 0.717) is 12.0 Å². The molecule has 2 heterocycles. The summed E-state index contributed by atoms with van der Waals surface area (Å²) in [6.45, 7) is 3.43. The van der Waals surface area contributed by atoms with Crippen LogP contribution in [0.1, 0.15) is 44.9 Å². The lowest BCUT2D eigenvalue weighted by molar-refractivity contribution is -0.138. The SMILES string of the molecule is Cc1cc(N2CC(C)n3ncc(C=O)c3C2=O)ccc1C(F)(F)F. The summed E-state index contributed by atoms with van der Waals surface area (Å²) in [6, 6.07) is 3.37. The minimum atomic E-state index is -4.44. The fraction of sp³-hybridized carbons (Fsp3) is 0.312. The van der Waals surface area contributed by atoms with Crippen LogP contribution in [0.15, 0.2) is 24.4 Å². The van der Waals surface area contributed by atoms with Crippen molar-refractivity contribution in [1.82, 2.24) is 9.78 Å². The number of carbonyl (C=O) groups is 2. The number of fused-ring (bicyclic) bond motifs is 1. The summed E-state index contributed by atoms with van der Waals surface area (Å²) in [5, 5.41) is 4.04. The Kier molecular flexibility index (Phi) is 3.70. The monoisotopic (exact) mass is 337 g/mol. The van der Waals surface area contributed by atoms with Gasteiger partial charge in [0.25, 0.3) is 5.91 Å². The number of aryl methyl sites for hydroxylation is 1. The molecule has 1 aliphatic heterocycles. The van der Waals surface area contributed by atoms with E-state index in [1.165, 1.54) is 34.8 Å². The first-order valence-corrected chi connectivity index (χ1v) is 7.26. The van der Waals surface area contributed by atoms with Gasteiger partial charge in [0, 0.05) is 12.2 Å². The van der Waals surface area contributed by atoms with Gasteiger partial charge in [0.2, 0.25) is 0 Å². The van der Waals surface area contributed by atoms with E-state index < -0.39 is 17.6 Å². The second kappa shape index (κ2) is 5.47. The molecular weight excluding hydrogens is 323 g/mol. The highest BCUT2D eigenvalue weighted by atomic mass is 19.4. The van der Waals surface area contributed by atoms with Crippen molar-refractivity contribution in [3.8, 4) is 0 Å². The third-order valence-electron chi connectivity index (χ3n) is 4.09. The van der Waals surface area contributed by atoms with Crippen LogP contribution in [0.4, 0.5) is 18.9 Å². The van der Waals surface area contributed by atoms with Crippen molar-refractivity contribution in [1.29, 1.82) is 0 Å². The van der Waals surface area contributed by atoms with E-state index >= 15 is 0 Å². The van der Waals surface area contributed by atoms with E-state index in [2.05, 4.69) is 5.10 Å². The minimum absolute atomic E-state index is 0.0372. The van der Waals surface area contributed by atoms with Gasteiger partial charge in [-0.15, -0.1) is 0 Å². The highest BCUT2D eigenvalue weighted by Crippen LogP contribution is 2.35. The van der Waals surface area contributed by atoms with Crippen molar-refractivity contribution in [2.24, 2.45) is 0 Å². The third-order valence-corrected chi connectivity index (χ3v) is 4.09. The van der Waals surface area contributed by atoms with Crippen LogP contribution in [0.5, 0.6) is 0 Å². The number of anilines is 1. The number of aldehydes is 1. The molecule has 1 aromatic heterocycles. The summed E-state index contributed by atoms with van der Waals surface area (Å²) in [7, 11) is 0. The maximum atomic E-state index is 12.9. The molecule has 0 saturated heterocycles. The van der Waals surface area contributed by atoms with E-state index in [4.69, 9.17) is 0 Å². The second-order valence-corrected chi connectivity index (χ2v) is 5.77. The summed E-state index contributed by atoms with van der Waals surface area (Å²) in [5.41, 5.74) is -0.0133. The number of benzene rings is 1. The molecule has 8 heteroatoms. The molecule has 3 rings (SSSR count). The van der Waals surface area contributed by atoms with Gasteiger partial charge in [-0.25, -0.2) is 0 Å². The van der Waals surface area contributed by atoms with Crippen molar-refractivity contribution in [3.63, 3.8) is 0 Å². The first-order chi connectivity index (χ1) is 11.2. The average molecular weight is 337 g/mol. The number of hydrogen-bond donors (Lipinski definition) is 0. The fourth-order valence-corrected chi connectivity index (χ4v) is 2.93. The predicted molar refractivity (Wildman–Crippen MR) is 80.2 cm³/mol. The van der Waals surface area contributed by atoms with E-state index in [0.717, 1.165) is 6.07 Å². The summed E-state index contributed by atoms with van der Waals surface area (Å²) in [6.07, 6.45) is -2.58. The van der Waals surface area contributed by atoms with Crippen LogP contribution in [0.25, 0.3) is 0 Å². The number of amides is 1. The van der Waals surface area contributed by atoms with Gasteiger partial charge in [-0.1, -0.05) is 0 Å². The third kappa shape index (κ3) is 2.47. The Labute approximate surface area is 135 Å². The fourth-order valence-electron chi connectivity index (χ4n) is 2.93. The second-order valence-electron chi connectivity index (χ2n) is 5.77. The van der Waals surface area contributed by atoms with Crippen LogP contribution >= 0.6 is 0 Å². The number of alkyl halides is 3. The molecule has 1 amide bonds. The summed E-state index contributed by atoms with van der Waals surface area (Å²) in [5.74, 6) is -0.452. The minimum Gasteiger partial charge on any atom is -0.305 e. The smallest absolute Gasteiger partial charge is 0.305 e. The Hall–Kier alpha value is -2.64. The normalized spacial score (nSPS) is 17.8. The van der Waals surface area contributed by atoms with Crippen LogP contribution in [0.3, 0.4) is 0 Å². The number of nitrogens with zero attached hydrogens (tertiary/aromatic N) is 3. The highest BCUT2D eigenvalue weighted by Gasteiger charge is 2.35. The Balaban J connectivity index is 2.04. The van der Waals surface area contributed by atoms with E-state index in [9.17, 15) is 22.8 Å². The number of halogens is 3. The molecule has 0 aliphatic carbocycles. The van der Waals surface area contributed by atoms with Crippen molar-refractivity contribution in [2.45, 2.75) is 26.1 Å². The number of hydrogen-bond acceptors (Lipinski definition) is 3.